The lowest BCUT2D eigenvalue weighted by Crippen LogP contribution is -2.46. The molecule has 0 atom stereocenters. The zero-order chi connectivity index (χ0) is 21.7. The summed E-state index contributed by atoms with van der Waals surface area (Å²) in [6.07, 6.45) is 3.19. The second-order valence-corrected chi connectivity index (χ2v) is 8.92. The van der Waals surface area contributed by atoms with E-state index in [0.717, 1.165) is 43.7 Å². The minimum Gasteiger partial charge on any atom is -0.397 e. The molecular formula is C23H31N5O2. The molecule has 1 saturated heterocycles. The van der Waals surface area contributed by atoms with Crippen LogP contribution in [-0.4, -0.2) is 40.3 Å². The molecule has 0 bridgehead atoms. The van der Waals surface area contributed by atoms with Crippen molar-refractivity contribution < 1.29 is 9.59 Å². The van der Waals surface area contributed by atoms with E-state index in [1.165, 1.54) is 6.20 Å². The molecule has 2 amide bonds. The summed E-state index contributed by atoms with van der Waals surface area (Å²) in [7, 11) is 0. The lowest BCUT2D eigenvalue weighted by atomic mass is 9.94. The predicted molar refractivity (Wildman–Crippen MR) is 119 cm³/mol. The van der Waals surface area contributed by atoms with E-state index in [9.17, 15) is 9.59 Å². The van der Waals surface area contributed by atoms with Gasteiger partial charge >= 0.3 is 0 Å². The number of hydrogen-bond acceptors (Lipinski definition) is 5. The molecule has 2 heterocycles. The molecule has 1 aliphatic heterocycles. The molecule has 2 aromatic rings. The molecule has 0 saturated carbocycles. The third-order valence-electron chi connectivity index (χ3n) is 5.07. The van der Waals surface area contributed by atoms with Gasteiger partial charge in [0.1, 0.15) is 5.69 Å². The van der Waals surface area contributed by atoms with Crippen molar-refractivity contribution in [3.05, 3.63) is 53.9 Å². The number of benzene rings is 1. The summed E-state index contributed by atoms with van der Waals surface area (Å²) in [5.41, 5.74) is 8.12. The summed E-state index contributed by atoms with van der Waals surface area (Å²) in [4.78, 5) is 31.1. The molecule has 0 spiro atoms. The Morgan fingerprint density at radius 2 is 1.90 bits per heavy atom. The number of carbonyl (C=O) groups excluding carboxylic acids is 2. The van der Waals surface area contributed by atoms with Crippen LogP contribution in [0.2, 0.25) is 0 Å². The van der Waals surface area contributed by atoms with Crippen molar-refractivity contribution in [2.45, 2.75) is 45.7 Å². The van der Waals surface area contributed by atoms with E-state index in [-0.39, 0.29) is 23.3 Å². The smallest absolute Gasteiger partial charge is 0.274 e. The number of nitrogens with zero attached hydrogens (tertiary/aromatic N) is 2. The second-order valence-electron chi connectivity index (χ2n) is 8.92. The Bertz CT molecular complexity index is 881. The van der Waals surface area contributed by atoms with Gasteiger partial charge in [-0.2, -0.15) is 0 Å². The lowest BCUT2D eigenvalue weighted by Gasteiger charge is -2.33. The van der Waals surface area contributed by atoms with Gasteiger partial charge in [0.05, 0.1) is 11.9 Å². The van der Waals surface area contributed by atoms with E-state index in [0.29, 0.717) is 11.4 Å². The first kappa shape index (κ1) is 21.8. The standard InChI is InChI=1S/C23H31N5O2/c1-23(2,3)27-21(29)17-9-11-28(12-10-17)15-16-5-4-6-19(13-16)26-22(30)20-8-7-18(24)14-25-20/h4-8,13-14,17H,9-12,15,24H2,1-3H3,(H,26,30)(H,27,29). The second kappa shape index (κ2) is 9.26. The summed E-state index contributed by atoms with van der Waals surface area (Å²) in [5.74, 6) is -0.0283. The van der Waals surface area contributed by atoms with Crippen LogP contribution in [0.1, 0.15) is 49.7 Å². The number of carbonyl (C=O) groups is 2. The molecule has 30 heavy (non-hydrogen) atoms. The Hall–Kier alpha value is -2.93. The minimum absolute atomic E-state index is 0.0820. The van der Waals surface area contributed by atoms with Crippen LogP contribution in [0.25, 0.3) is 0 Å². The van der Waals surface area contributed by atoms with Crippen molar-refractivity contribution in [3.63, 3.8) is 0 Å². The predicted octanol–water partition coefficient (Wildman–Crippen LogP) is 3.04. The highest BCUT2D eigenvalue weighted by Crippen LogP contribution is 2.21. The molecule has 0 radical (unpaired) electrons. The summed E-state index contributed by atoms with van der Waals surface area (Å²) < 4.78 is 0. The first-order valence-corrected chi connectivity index (χ1v) is 10.4. The number of rotatable bonds is 5. The fourth-order valence-corrected chi connectivity index (χ4v) is 3.57. The molecule has 0 unspecified atom stereocenters. The Morgan fingerprint density at radius 1 is 1.17 bits per heavy atom. The van der Waals surface area contributed by atoms with Crippen molar-refractivity contribution in [2.24, 2.45) is 5.92 Å². The van der Waals surface area contributed by atoms with E-state index in [1.54, 1.807) is 12.1 Å². The Labute approximate surface area is 178 Å². The van der Waals surface area contributed by atoms with Crippen LogP contribution in [0.5, 0.6) is 0 Å². The molecule has 7 nitrogen and oxygen atoms in total. The van der Waals surface area contributed by atoms with Gasteiger partial charge in [-0.25, -0.2) is 4.98 Å². The maximum absolute atomic E-state index is 12.4. The van der Waals surface area contributed by atoms with E-state index in [4.69, 9.17) is 5.73 Å². The van der Waals surface area contributed by atoms with E-state index >= 15 is 0 Å². The molecule has 1 aromatic heterocycles. The van der Waals surface area contributed by atoms with Crippen LogP contribution in [0.4, 0.5) is 11.4 Å². The highest BCUT2D eigenvalue weighted by atomic mass is 16.2. The summed E-state index contributed by atoms with van der Waals surface area (Å²) in [6.45, 7) is 8.58. The number of nitrogen functional groups attached to an aromatic ring is 1. The Balaban J connectivity index is 1.53. The quantitative estimate of drug-likeness (QED) is 0.705. The number of nitrogens with two attached hydrogens (primary N) is 1. The van der Waals surface area contributed by atoms with E-state index in [1.807, 2.05) is 39.0 Å². The average Bonchev–Trinajstić information content (AvgIpc) is 2.68. The van der Waals surface area contributed by atoms with Crippen molar-refractivity contribution in [3.8, 4) is 0 Å². The van der Waals surface area contributed by atoms with Crippen molar-refractivity contribution in [1.82, 2.24) is 15.2 Å². The van der Waals surface area contributed by atoms with Crippen LogP contribution < -0.4 is 16.4 Å². The maximum atomic E-state index is 12.4. The highest BCUT2D eigenvalue weighted by molar-refractivity contribution is 6.02. The molecule has 4 N–H and O–H groups in total. The number of nitrogens with one attached hydrogen (secondary N) is 2. The Kier molecular flexibility index (Phi) is 6.72. The van der Waals surface area contributed by atoms with Gasteiger partial charge in [0.15, 0.2) is 0 Å². The topological polar surface area (TPSA) is 100 Å². The van der Waals surface area contributed by atoms with Crippen molar-refractivity contribution in [2.75, 3.05) is 24.1 Å². The van der Waals surface area contributed by atoms with Gasteiger partial charge < -0.3 is 16.4 Å². The van der Waals surface area contributed by atoms with Gasteiger partial charge in [-0.15, -0.1) is 0 Å². The first-order chi connectivity index (χ1) is 14.2. The number of likely N-dealkylation sites (tertiary alicyclic amines) is 1. The van der Waals surface area contributed by atoms with Crippen molar-refractivity contribution >= 4 is 23.2 Å². The van der Waals surface area contributed by atoms with Gasteiger partial charge in [0, 0.05) is 23.7 Å². The molecule has 160 valence electrons. The number of hydrogen-bond donors (Lipinski definition) is 3. The van der Waals surface area contributed by atoms with Crippen LogP contribution in [0, 0.1) is 5.92 Å². The lowest BCUT2D eigenvalue weighted by molar-refractivity contribution is -0.127. The minimum atomic E-state index is -0.266. The summed E-state index contributed by atoms with van der Waals surface area (Å²) >= 11 is 0. The number of amides is 2. The van der Waals surface area contributed by atoms with E-state index < -0.39 is 0 Å². The van der Waals surface area contributed by atoms with Gasteiger partial charge in [0.2, 0.25) is 5.91 Å². The fourth-order valence-electron chi connectivity index (χ4n) is 3.57. The Morgan fingerprint density at radius 3 is 2.53 bits per heavy atom. The summed E-state index contributed by atoms with van der Waals surface area (Å²) in [6, 6.07) is 11.1. The van der Waals surface area contributed by atoms with E-state index in [2.05, 4.69) is 26.6 Å². The normalized spacial score (nSPS) is 15.6. The van der Waals surface area contributed by atoms with Gasteiger partial charge in [-0.1, -0.05) is 12.1 Å². The average molecular weight is 410 g/mol. The molecule has 1 fully saturated rings. The van der Waals surface area contributed by atoms with Crippen LogP contribution in [0.15, 0.2) is 42.6 Å². The highest BCUT2D eigenvalue weighted by Gasteiger charge is 2.27. The number of aromatic nitrogens is 1. The molecule has 3 rings (SSSR count). The monoisotopic (exact) mass is 409 g/mol. The molecular weight excluding hydrogens is 378 g/mol. The van der Waals surface area contributed by atoms with Gasteiger partial charge in [0.25, 0.3) is 5.91 Å². The third kappa shape index (κ3) is 6.29. The third-order valence-corrected chi connectivity index (χ3v) is 5.07. The maximum Gasteiger partial charge on any atom is 0.274 e. The largest absolute Gasteiger partial charge is 0.397 e. The van der Waals surface area contributed by atoms with Crippen LogP contribution in [-0.2, 0) is 11.3 Å². The molecule has 7 heteroatoms. The number of anilines is 2. The number of pyridine rings is 1. The zero-order valence-corrected chi connectivity index (χ0v) is 17.9. The van der Waals surface area contributed by atoms with Crippen LogP contribution in [0.3, 0.4) is 0 Å². The molecule has 1 aromatic carbocycles. The fraction of sp³-hybridized carbons (Fsp3) is 0.435. The van der Waals surface area contributed by atoms with Crippen molar-refractivity contribution in [1.29, 1.82) is 0 Å². The first-order valence-electron chi connectivity index (χ1n) is 10.4. The van der Waals surface area contributed by atoms with Gasteiger partial charge in [-0.05, 0) is 76.5 Å². The van der Waals surface area contributed by atoms with Gasteiger partial charge in [-0.3, -0.25) is 14.5 Å². The molecule has 1 aliphatic rings. The number of piperidine rings is 1. The molecule has 0 aliphatic carbocycles. The summed E-state index contributed by atoms with van der Waals surface area (Å²) in [5, 5.41) is 5.97. The zero-order valence-electron chi connectivity index (χ0n) is 17.9. The van der Waals surface area contributed by atoms with Crippen LogP contribution >= 0.6 is 0 Å². The SMILES string of the molecule is CC(C)(C)NC(=O)C1CCN(Cc2cccc(NC(=O)c3ccc(N)cn3)c2)CC1.